The van der Waals surface area contributed by atoms with Crippen LogP contribution in [0.3, 0.4) is 0 Å². The molecule has 2 aliphatic heterocycles. The number of esters is 2. The molecule has 0 bridgehead atoms. The van der Waals surface area contributed by atoms with Gasteiger partial charge in [0.25, 0.3) is 0 Å². The van der Waals surface area contributed by atoms with Crippen molar-refractivity contribution in [2.24, 2.45) is 34.5 Å². The molecule has 2 saturated carbocycles. The van der Waals surface area contributed by atoms with Crippen molar-refractivity contribution in [1.29, 1.82) is 0 Å². The van der Waals surface area contributed by atoms with E-state index in [2.05, 4.69) is 41.5 Å². The van der Waals surface area contributed by atoms with Crippen LogP contribution in [0.15, 0.2) is 72.8 Å². The first kappa shape index (κ1) is 57.7. The first-order valence-corrected chi connectivity index (χ1v) is 26.1. The van der Waals surface area contributed by atoms with Crippen LogP contribution >= 0.6 is 0 Å². The van der Waals surface area contributed by atoms with E-state index < -0.39 is 24.4 Å². The largest absolute Gasteiger partial charge is 0.508 e. The van der Waals surface area contributed by atoms with Gasteiger partial charge in [0, 0.05) is 0 Å². The Kier molecular flexibility index (Phi) is 19.3. The Balaban J connectivity index is 0.000000204. The van der Waals surface area contributed by atoms with Crippen molar-refractivity contribution in [3.8, 4) is 11.5 Å². The number of alkyl halides is 6. The number of piperidine rings is 2. The molecule has 4 aromatic rings. The number of hydrogen-bond donors (Lipinski definition) is 2. The minimum Gasteiger partial charge on any atom is -0.508 e. The van der Waals surface area contributed by atoms with Crippen molar-refractivity contribution in [2.75, 3.05) is 40.4 Å². The topological polar surface area (TPSA) is 109 Å². The quantitative estimate of drug-likeness (QED) is 0.132. The lowest BCUT2D eigenvalue weighted by Gasteiger charge is -2.38. The van der Waals surface area contributed by atoms with Gasteiger partial charge in [-0.05, 0) is 195 Å². The lowest BCUT2D eigenvalue weighted by atomic mass is 9.72. The number of phenolic OH excluding ortho intramolecular Hbond substituents is 1. The van der Waals surface area contributed by atoms with E-state index in [4.69, 9.17) is 14.2 Å². The minimum atomic E-state index is -4.43. The average Bonchev–Trinajstić information content (AvgIpc) is 3.33. The van der Waals surface area contributed by atoms with Gasteiger partial charge in [-0.1, -0.05) is 77.9 Å². The summed E-state index contributed by atoms with van der Waals surface area (Å²) in [6.07, 6.45) is 1.58. The van der Waals surface area contributed by atoms with Crippen LogP contribution in [0.25, 0.3) is 21.5 Å². The number of carbonyl (C=O) groups excluding carboxylic acids is 2. The number of halogens is 6. The van der Waals surface area contributed by atoms with Crippen LogP contribution in [0.2, 0.25) is 0 Å². The fraction of sp³-hybridized carbons (Fsp3) is 0.621. The maximum Gasteiger partial charge on any atom is 0.408 e. The maximum atomic E-state index is 14.2. The molecule has 4 aromatic carbocycles. The summed E-state index contributed by atoms with van der Waals surface area (Å²) in [7, 11) is 2.61. The molecule has 0 aromatic heterocycles. The lowest BCUT2D eigenvalue weighted by Crippen LogP contribution is -2.44. The zero-order valence-corrected chi connectivity index (χ0v) is 44.0. The Hall–Kier alpha value is -4.60. The SMILES string of the molecule is CC(C)(C)C1CCC(O)CC1.COC(=O)C1CCN(C(c2ccc3cc(O)ccc3c2)C(F)(F)F)CC1.COC(=O)C1CCN(C(c2ccc3cc(OC4CCC(C(C)(C)C)CC4)ccc3c2)C(F)(F)F)CC1. The lowest BCUT2D eigenvalue weighted by molar-refractivity contribution is -0.191. The van der Waals surface area contributed by atoms with Crippen molar-refractivity contribution in [1.82, 2.24) is 9.80 Å². The molecule has 404 valence electrons. The minimum absolute atomic E-state index is 0.00593. The summed E-state index contributed by atoms with van der Waals surface area (Å²) in [6, 6.07) is 16.3. The third-order valence-corrected chi connectivity index (χ3v) is 15.9. The van der Waals surface area contributed by atoms with E-state index >= 15 is 0 Å². The van der Waals surface area contributed by atoms with Gasteiger partial charge in [0.1, 0.15) is 23.6 Å². The van der Waals surface area contributed by atoms with E-state index in [0.717, 1.165) is 61.0 Å². The molecule has 0 spiro atoms. The number of aliphatic hydroxyl groups excluding tert-OH is 1. The predicted octanol–water partition coefficient (Wildman–Crippen LogP) is 13.9. The van der Waals surface area contributed by atoms with Crippen molar-refractivity contribution in [3.05, 3.63) is 83.9 Å². The fourth-order valence-electron chi connectivity index (χ4n) is 11.4. The second-order valence-electron chi connectivity index (χ2n) is 22.9. The summed E-state index contributed by atoms with van der Waals surface area (Å²) >= 11 is 0. The zero-order valence-electron chi connectivity index (χ0n) is 44.0. The van der Waals surface area contributed by atoms with E-state index in [9.17, 15) is 46.1 Å². The summed E-state index contributed by atoms with van der Waals surface area (Å²) in [5.74, 6) is 0.992. The molecule has 0 amide bonds. The molecule has 2 aliphatic carbocycles. The van der Waals surface area contributed by atoms with Gasteiger partial charge in [0.05, 0.1) is 38.3 Å². The highest BCUT2D eigenvalue weighted by Crippen LogP contribution is 2.44. The molecule has 15 heteroatoms. The summed E-state index contributed by atoms with van der Waals surface area (Å²) in [4.78, 5) is 26.2. The Morgan fingerprint density at radius 2 is 0.890 bits per heavy atom. The molecular formula is C58H78F6N2O7. The van der Waals surface area contributed by atoms with Crippen LogP contribution in [0.1, 0.15) is 142 Å². The monoisotopic (exact) mass is 1030 g/mol. The molecule has 2 heterocycles. The van der Waals surface area contributed by atoms with E-state index in [1.54, 1.807) is 30.3 Å². The van der Waals surface area contributed by atoms with Crippen molar-refractivity contribution in [2.45, 2.75) is 155 Å². The Labute approximate surface area is 427 Å². The average molecular weight is 1030 g/mol. The Bertz CT molecular complexity index is 2420. The van der Waals surface area contributed by atoms with Crippen LogP contribution in [-0.2, 0) is 19.1 Å². The number of methoxy groups -OCH3 is 2. The van der Waals surface area contributed by atoms with Gasteiger partial charge < -0.3 is 24.4 Å². The summed E-state index contributed by atoms with van der Waals surface area (Å²) in [6.45, 7) is 14.5. The first-order valence-electron chi connectivity index (χ1n) is 26.1. The number of aromatic hydroxyl groups is 1. The molecule has 2 unspecified atom stereocenters. The van der Waals surface area contributed by atoms with Crippen LogP contribution in [0.5, 0.6) is 11.5 Å². The Morgan fingerprint density at radius 3 is 1.29 bits per heavy atom. The van der Waals surface area contributed by atoms with Crippen molar-refractivity contribution < 1.29 is 60.4 Å². The number of ether oxygens (including phenoxy) is 3. The predicted molar refractivity (Wildman–Crippen MR) is 273 cm³/mol. The molecule has 8 rings (SSSR count). The molecule has 2 N–H and O–H groups in total. The van der Waals surface area contributed by atoms with Gasteiger partial charge in [-0.25, -0.2) is 0 Å². The fourth-order valence-corrected chi connectivity index (χ4v) is 11.4. The number of phenols is 1. The molecule has 73 heavy (non-hydrogen) atoms. The molecule has 0 radical (unpaired) electrons. The summed E-state index contributed by atoms with van der Waals surface area (Å²) in [5, 5.41) is 21.7. The number of fused-ring (bicyclic) bond motifs is 2. The molecule has 4 fully saturated rings. The second-order valence-corrected chi connectivity index (χ2v) is 22.9. The van der Waals surface area contributed by atoms with Gasteiger partial charge in [-0.3, -0.25) is 19.4 Å². The van der Waals surface area contributed by atoms with E-state index in [-0.39, 0.29) is 79.0 Å². The molecular weight excluding hydrogens is 951 g/mol. The number of nitrogens with zero attached hydrogens (tertiary/aromatic N) is 2. The molecule has 2 atom stereocenters. The number of likely N-dealkylation sites (tertiary alicyclic amines) is 2. The highest BCUT2D eigenvalue weighted by Gasteiger charge is 2.47. The van der Waals surface area contributed by atoms with Crippen LogP contribution in [-0.4, -0.2) is 96.9 Å². The highest BCUT2D eigenvalue weighted by molar-refractivity contribution is 5.85. The third kappa shape index (κ3) is 15.7. The standard InChI is InChI=1S/C29H38F3NO3.C19H20F3NO3.C10H20O/c1-28(2,3)23-8-11-24(12-9-23)36-25-10-7-20-17-22(6-5-21(20)18-25)26(29(30,31)32)33-15-13-19(14-16-33)27(34)35-4;1-26-18(25)12-6-8-23(9-7-12)17(19(20,21)22)15-3-2-14-11-16(24)5-4-13(14)10-15;1-10(2,3)8-4-6-9(11)7-5-8/h5-7,10,17-19,23-24,26H,8-9,11-16H2,1-4H3;2-5,10-12,17,24H,6-9H2,1H3;8-9,11H,4-7H2,1-3H3. The van der Waals surface area contributed by atoms with Gasteiger partial charge in [0.2, 0.25) is 0 Å². The Morgan fingerprint density at radius 1 is 0.521 bits per heavy atom. The zero-order chi connectivity index (χ0) is 53.5. The summed E-state index contributed by atoms with van der Waals surface area (Å²) < 4.78 is 99.7. The van der Waals surface area contributed by atoms with E-state index in [1.165, 1.54) is 61.1 Å². The first-order chi connectivity index (χ1) is 34.2. The van der Waals surface area contributed by atoms with E-state index in [0.29, 0.717) is 53.2 Å². The smallest absolute Gasteiger partial charge is 0.408 e. The van der Waals surface area contributed by atoms with Crippen molar-refractivity contribution in [3.63, 3.8) is 0 Å². The van der Waals surface area contributed by atoms with Crippen LogP contribution in [0.4, 0.5) is 26.3 Å². The van der Waals surface area contributed by atoms with Crippen LogP contribution in [0, 0.1) is 34.5 Å². The van der Waals surface area contributed by atoms with Gasteiger partial charge >= 0.3 is 24.3 Å². The number of benzene rings is 4. The van der Waals surface area contributed by atoms with Gasteiger partial charge in [0.15, 0.2) is 0 Å². The highest BCUT2D eigenvalue weighted by atomic mass is 19.4. The number of hydrogen-bond acceptors (Lipinski definition) is 9. The second kappa shape index (κ2) is 24.4. The van der Waals surface area contributed by atoms with Crippen molar-refractivity contribution >= 4 is 33.5 Å². The number of aliphatic hydroxyl groups is 1. The molecule has 4 aliphatic rings. The molecule has 2 saturated heterocycles. The molecule has 9 nitrogen and oxygen atoms in total. The van der Waals surface area contributed by atoms with Crippen LogP contribution < -0.4 is 4.74 Å². The van der Waals surface area contributed by atoms with Gasteiger partial charge in [-0.15, -0.1) is 0 Å². The van der Waals surface area contributed by atoms with E-state index in [1.807, 2.05) is 18.2 Å². The maximum absolute atomic E-state index is 14.2. The number of rotatable bonds is 8. The third-order valence-electron chi connectivity index (χ3n) is 15.9. The normalized spacial score (nSPS) is 23.1. The summed E-state index contributed by atoms with van der Waals surface area (Å²) in [5.41, 5.74) is 1.14. The van der Waals surface area contributed by atoms with Gasteiger partial charge in [-0.2, -0.15) is 26.3 Å². The number of carbonyl (C=O) groups is 2.